The number of nitrogens with zero attached hydrogens (tertiary/aromatic N) is 1. The number of hydrogen-bond donors (Lipinski definition) is 0. The Morgan fingerprint density at radius 2 is 2.40 bits per heavy atom. The molecule has 0 unspecified atom stereocenters. The van der Waals surface area contributed by atoms with Crippen molar-refractivity contribution in [1.29, 1.82) is 0 Å². The van der Waals surface area contributed by atoms with Crippen LogP contribution in [-0.4, -0.2) is 17.7 Å². The third-order valence-corrected chi connectivity index (χ3v) is 3.55. The highest BCUT2D eigenvalue weighted by Gasteiger charge is 2.07. The number of carbonyl (C=O) groups excluding carboxylic acids is 1. The largest absolute Gasteiger partial charge is 0.472 e. The Kier molecular flexibility index (Phi) is 6.59. The van der Waals surface area contributed by atoms with E-state index in [0.29, 0.717) is 18.3 Å². The highest BCUT2D eigenvalue weighted by molar-refractivity contribution is 8.83. The molecule has 1 heterocycles. The van der Waals surface area contributed by atoms with Gasteiger partial charge in [0.1, 0.15) is 0 Å². The molecule has 0 aromatic heterocycles. The van der Waals surface area contributed by atoms with E-state index in [1.54, 1.807) is 0 Å². The smallest absolute Gasteiger partial charge is 0.264 e. The summed E-state index contributed by atoms with van der Waals surface area (Å²) < 4.78 is 5.43. The van der Waals surface area contributed by atoms with Crippen molar-refractivity contribution in [2.75, 3.05) is 6.61 Å². The van der Waals surface area contributed by atoms with Crippen molar-refractivity contribution in [2.24, 2.45) is 4.99 Å². The quantitative estimate of drug-likeness (QED) is 0.562. The molecule has 0 bridgehead atoms. The van der Waals surface area contributed by atoms with Crippen molar-refractivity contribution < 1.29 is 9.53 Å². The average molecular weight is 245 g/mol. The molecule has 0 aliphatic carbocycles. The second-order valence-electron chi connectivity index (χ2n) is 3.08. The van der Waals surface area contributed by atoms with E-state index < -0.39 is 0 Å². The minimum atomic E-state index is -0.135. The van der Waals surface area contributed by atoms with Crippen LogP contribution in [0.15, 0.2) is 16.5 Å². The first kappa shape index (κ1) is 12.6. The number of carbonyl (C=O) groups is 1. The first-order chi connectivity index (χ1) is 7.33. The van der Waals surface area contributed by atoms with Gasteiger partial charge in [-0.05, 0) is 11.8 Å². The molecule has 5 heteroatoms. The van der Waals surface area contributed by atoms with Gasteiger partial charge in [0, 0.05) is 17.2 Å². The molecule has 1 aliphatic rings. The van der Waals surface area contributed by atoms with Crippen molar-refractivity contribution in [2.45, 2.75) is 32.6 Å². The molecule has 84 valence electrons. The summed E-state index contributed by atoms with van der Waals surface area (Å²) in [6.45, 7) is 2.80. The van der Waals surface area contributed by atoms with Crippen molar-refractivity contribution in [1.82, 2.24) is 0 Å². The molecular formula is C10H15NO2S2. The van der Waals surface area contributed by atoms with Crippen LogP contribution in [0.25, 0.3) is 0 Å². The lowest BCUT2D eigenvalue weighted by Crippen LogP contribution is -2.05. The topological polar surface area (TPSA) is 38.7 Å². The molecule has 0 saturated carbocycles. The molecular weight excluding hydrogens is 230 g/mol. The fourth-order valence-electron chi connectivity index (χ4n) is 0.991. The van der Waals surface area contributed by atoms with E-state index in [0.717, 1.165) is 12.8 Å². The van der Waals surface area contributed by atoms with Gasteiger partial charge in [0.05, 0.1) is 6.61 Å². The van der Waals surface area contributed by atoms with E-state index in [1.165, 1.54) is 28.0 Å². The summed E-state index contributed by atoms with van der Waals surface area (Å²) >= 11 is 0. The lowest BCUT2D eigenvalue weighted by atomic mass is 10.3. The van der Waals surface area contributed by atoms with Gasteiger partial charge in [0.2, 0.25) is 0 Å². The highest BCUT2D eigenvalue weighted by Crippen LogP contribution is 2.26. The SMILES string of the molecule is CCCCCO/C1=N/C(=O)C/C=C\SS1. The molecule has 15 heavy (non-hydrogen) atoms. The molecule has 0 fully saturated rings. The van der Waals surface area contributed by atoms with Gasteiger partial charge >= 0.3 is 0 Å². The Morgan fingerprint density at radius 3 is 3.20 bits per heavy atom. The van der Waals surface area contributed by atoms with Crippen LogP contribution in [0.2, 0.25) is 0 Å². The Hall–Kier alpha value is -0.420. The number of ether oxygens (including phenoxy) is 1. The van der Waals surface area contributed by atoms with E-state index in [2.05, 4.69) is 11.9 Å². The molecule has 1 aliphatic heterocycles. The van der Waals surface area contributed by atoms with Crippen LogP contribution in [-0.2, 0) is 9.53 Å². The first-order valence-corrected chi connectivity index (χ1v) is 7.27. The van der Waals surface area contributed by atoms with Crippen LogP contribution in [0.1, 0.15) is 32.6 Å². The zero-order valence-electron chi connectivity index (χ0n) is 8.77. The van der Waals surface area contributed by atoms with Crippen LogP contribution in [0.3, 0.4) is 0 Å². The second-order valence-corrected chi connectivity index (χ2v) is 5.14. The Morgan fingerprint density at radius 1 is 1.53 bits per heavy atom. The van der Waals surface area contributed by atoms with Crippen LogP contribution in [0.4, 0.5) is 0 Å². The summed E-state index contributed by atoms with van der Waals surface area (Å²) in [5, 5.41) is 2.39. The number of hydrogen-bond acceptors (Lipinski definition) is 4. The molecule has 0 aromatic rings. The van der Waals surface area contributed by atoms with Crippen molar-refractivity contribution in [3.8, 4) is 0 Å². The zero-order chi connectivity index (χ0) is 10.9. The van der Waals surface area contributed by atoms with Crippen molar-refractivity contribution in [3.63, 3.8) is 0 Å². The third-order valence-electron chi connectivity index (χ3n) is 1.75. The summed E-state index contributed by atoms with van der Waals surface area (Å²) in [7, 11) is 2.93. The number of aliphatic imine (C=N–C) groups is 1. The minimum absolute atomic E-state index is 0.135. The average Bonchev–Trinajstić information content (AvgIpc) is 2.19. The summed E-state index contributed by atoms with van der Waals surface area (Å²) in [6, 6.07) is 0. The molecule has 0 aromatic carbocycles. The molecule has 1 rings (SSSR count). The van der Waals surface area contributed by atoms with Crippen molar-refractivity contribution in [3.05, 3.63) is 11.5 Å². The predicted octanol–water partition coefficient (Wildman–Crippen LogP) is 3.37. The highest BCUT2D eigenvalue weighted by atomic mass is 33.1. The molecule has 0 atom stereocenters. The van der Waals surface area contributed by atoms with Crippen LogP contribution in [0, 0.1) is 0 Å². The molecule has 0 radical (unpaired) electrons. The maximum Gasteiger partial charge on any atom is 0.264 e. The Labute approximate surface area is 98.1 Å². The number of unbranched alkanes of at least 4 members (excludes halogenated alkanes) is 2. The fraction of sp³-hybridized carbons (Fsp3) is 0.600. The lowest BCUT2D eigenvalue weighted by Gasteiger charge is -2.07. The second kappa shape index (κ2) is 7.82. The third kappa shape index (κ3) is 5.89. The maximum absolute atomic E-state index is 11.2. The van der Waals surface area contributed by atoms with Crippen molar-refractivity contribution >= 4 is 32.7 Å². The van der Waals surface area contributed by atoms with E-state index in [1.807, 2.05) is 11.5 Å². The summed E-state index contributed by atoms with van der Waals surface area (Å²) in [6.07, 6.45) is 5.52. The molecule has 3 nitrogen and oxygen atoms in total. The van der Waals surface area contributed by atoms with Gasteiger partial charge in [-0.3, -0.25) is 4.79 Å². The number of rotatable bonds is 4. The van der Waals surface area contributed by atoms with E-state index in [4.69, 9.17) is 4.74 Å². The molecule has 0 saturated heterocycles. The van der Waals surface area contributed by atoms with Gasteiger partial charge in [-0.15, -0.1) is 0 Å². The summed E-state index contributed by atoms with van der Waals surface area (Å²) in [5.74, 6) is -0.135. The van der Waals surface area contributed by atoms with Gasteiger partial charge in [0.15, 0.2) is 0 Å². The monoisotopic (exact) mass is 245 g/mol. The van der Waals surface area contributed by atoms with E-state index >= 15 is 0 Å². The summed E-state index contributed by atoms with van der Waals surface area (Å²) in [4.78, 5) is 15.1. The zero-order valence-corrected chi connectivity index (χ0v) is 10.4. The predicted molar refractivity (Wildman–Crippen MR) is 66.9 cm³/mol. The molecule has 0 spiro atoms. The van der Waals surface area contributed by atoms with Crippen LogP contribution >= 0.6 is 21.6 Å². The van der Waals surface area contributed by atoms with Gasteiger partial charge < -0.3 is 4.74 Å². The summed E-state index contributed by atoms with van der Waals surface area (Å²) in [5.41, 5.74) is 0. The van der Waals surface area contributed by atoms with Gasteiger partial charge in [-0.1, -0.05) is 36.6 Å². The maximum atomic E-state index is 11.2. The standard InChI is InChI=1S/C10H15NO2S2/c1-2-3-4-7-13-10-11-9(12)6-5-8-14-15-10/h5,8H,2-4,6-7H2,1H3/b8-5-,11-10-. The Balaban J connectivity index is 2.31. The molecule has 1 amide bonds. The van der Waals surface area contributed by atoms with E-state index in [9.17, 15) is 4.79 Å². The Bertz CT molecular complexity index is 264. The fourth-order valence-corrected chi connectivity index (χ4v) is 2.48. The van der Waals surface area contributed by atoms with Gasteiger partial charge in [-0.25, -0.2) is 0 Å². The first-order valence-electron chi connectivity index (χ1n) is 5.05. The normalized spacial score (nSPS) is 22.5. The number of amides is 1. The van der Waals surface area contributed by atoms with Crippen LogP contribution in [0.5, 0.6) is 0 Å². The van der Waals surface area contributed by atoms with Gasteiger partial charge in [-0.2, -0.15) is 4.99 Å². The minimum Gasteiger partial charge on any atom is -0.472 e. The van der Waals surface area contributed by atoms with E-state index in [-0.39, 0.29) is 5.91 Å². The van der Waals surface area contributed by atoms with Gasteiger partial charge in [0.25, 0.3) is 11.1 Å². The van der Waals surface area contributed by atoms with Crippen LogP contribution < -0.4 is 0 Å². The lowest BCUT2D eigenvalue weighted by molar-refractivity contribution is -0.117. The molecule has 0 N–H and O–H groups in total.